The van der Waals surface area contributed by atoms with Gasteiger partial charge in [0.25, 0.3) is 0 Å². The Hall–Kier alpha value is -2.08. The molecule has 2 aromatic rings. The minimum Gasteiger partial charge on any atom is -0.462 e. The summed E-state index contributed by atoms with van der Waals surface area (Å²) in [6.07, 6.45) is 3.71. The highest BCUT2D eigenvalue weighted by molar-refractivity contribution is 5.80. The number of cyclic esters (lactones) is 1. The number of rotatable bonds is 6. The molecule has 1 aromatic carbocycles. The molecule has 2 saturated heterocycles. The Balaban J connectivity index is 1.28. The highest BCUT2D eigenvalue weighted by atomic mass is 16.6. The van der Waals surface area contributed by atoms with Crippen LogP contribution in [-0.4, -0.2) is 59.7 Å². The average molecular weight is 385 g/mol. The minimum absolute atomic E-state index is 0.0248. The van der Waals surface area contributed by atoms with E-state index in [9.17, 15) is 4.79 Å². The van der Waals surface area contributed by atoms with Gasteiger partial charge in [0.2, 0.25) is 0 Å². The maximum absolute atomic E-state index is 12.3. The first-order valence-electron chi connectivity index (χ1n) is 10.7. The molecular formula is C22H32N4O2. The zero-order valence-corrected chi connectivity index (χ0v) is 17.3. The van der Waals surface area contributed by atoms with Gasteiger partial charge in [-0.05, 0) is 44.4 Å². The number of fused-ring (bicyclic) bond motifs is 1. The maximum Gasteiger partial charge on any atom is 0.312 e. The van der Waals surface area contributed by atoms with Crippen LogP contribution >= 0.6 is 0 Å². The molecule has 1 N–H and O–H groups in total. The van der Waals surface area contributed by atoms with Crippen LogP contribution in [0.5, 0.6) is 0 Å². The van der Waals surface area contributed by atoms with Crippen molar-refractivity contribution in [2.75, 3.05) is 37.6 Å². The molecule has 0 amide bonds. The number of benzene rings is 1. The van der Waals surface area contributed by atoms with Gasteiger partial charge < -0.3 is 14.6 Å². The first-order valence-corrected chi connectivity index (χ1v) is 10.7. The molecule has 28 heavy (non-hydrogen) atoms. The third kappa shape index (κ3) is 3.62. The first-order chi connectivity index (χ1) is 13.5. The van der Waals surface area contributed by atoms with Crippen LogP contribution in [0.1, 0.15) is 45.4 Å². The van der Waals surface area contributed by atoms with Crippen molar-refractivity contribution in [2.45, 2.75) is 52.6 Å². The van der Waals surface area contributed by atoms with Crippen LogP contribution in [0.3, 0.4) is 0 Å². The second-order valence-corrected chi connectivity index (χ2v) is 8.36. The zero-order valence-electron chi connectivity index (χ0n) is 17.3. The lowest BCUT2D eigenvalue weighted by atomic mass is 9.79. The summed E-state index contributed by atoms with van der Waals surface area (Å²) in [5.74, 6) is 0.983. The predicted octanol–water partition coefficient (Wildman–Crippen LogP) is 3.51. The van der Waals surface area contributed by atoms with E-state index in [0.29, 0.717) is 0 Å². The number of ether oxygens (including phenoxy) is 1. The average Bonchev–Trinajstić information content (AvgIpc) is 3.24. The number of nitrogens with one attached hydrogen (secondary N) is 1. The molecule has 0 spiro atoms. The van der Waals surface area contributed by atoms with E-state index >= 15 is 0 Å². The molecule has 2 aliphatic heterocycles. The molecule has 6 heteroatoms. The molecule has 2 aliphatic rings. The molecule has 152 valence electrons. The summed E-state index contributed by atoms with van der Waals surface area (Å²) in [6.45, 7) is 11.4. The predicted molar refractivity (Wildman–Crippen MR) is 112 cm³/mol. The summed E-state index contributed by atoms with van der Waals surface area (Å²) in [5, 5.41) is 0. The Kier molecular flexibility index (Phi) is 5.32. The SMILES string of the molecule is CCC1(CC)CC(CCN2CCN(c3ccc4nc(C)[nH]c4c3)CC2)OC1=O. The number of esters is 1. The van der Waals surface area contributed by atoms with E-state index in [1.54, 1.807) is 0 Å². The zero-order chi connectivity index (χ0) is 19.7. The number of imidazole rings is 1. The molecular weight excluding hydrogens is 352 g/mol. The summed E-state index contributed by atoms with van der Waals surface area (Å²) < 4.78 is 5.70. The standard InChI is InChI=1S/C22H32N4O2/c1-4-22(5-2)15-18(28-21(22)27)8-9-25-10-12-26(13-11-25)17-6-7-19-20(14-17)24-16(3)23-19/h6-7,14,18H,4-5,8-13,15H2,1-3H3,(H,23,24). The third-order valence-electron chi connectivity index (χ3n) is 6.77. The molecule has 4 rings (SSSR count). The number of aromatic amines is 1. The highest BCUT2D eigenvalue weighted by Gasteiger charge is 2.46. The van der Waals surface area contributed by atoms with Crippen LogP contribution in [0.4, 0.5) is 5.69 Å². The number of anilines is 1. The molecule has 6 nitrogen and oxygen atoms in total. The van der Waals surface area contributed by atoms with Crippen molar-refractivity contribution in [3.63, 3.8) is 0 Å². The normalized spacial score (nSPS) is 22.8. The topological polar surface area (TPSA) is 61.5 Å². The number of nitrogens with zero attached hydrogens (tertiary/aromatic N) is 3. The van der Waals surface area contributed by atoms with Crippen molar-refractivity contribution >= 4 is 22.7 Å². The van der Waals surface area contributed by atoms with E-state index in [0.717, 1.165) is 75.3 Å². The molecule has 0 saturated carbocycles. The van der Waals surface area contributed by atoms with Crippen LogP contribution in [0.25, 0.3) is 11.0 Å². The van der Waals surface area contributed by atoms with Gasteiger partial charge in [0, 0.05) is 44.8 Å². The van der Waals surface area contributed by atoms with Gasteiger partial charge in [-0.3, -0.25) is 9.69 Å². The van der Waals surface area contributed by atoms with E-state index in [2.05, 4.69) is 51.8 Å². The van der Waals surface area contributed by atoms with E-state index < -0.39 is 0 Å². The number of aryl methyl sites for hydroxylation is 1. The molecule has 0 aliphatic carbocycles. The number of aromatic nitrogens is 2. The fourth-order valence-corrected chi connectivity index (χ4v) is 4.70. The van der Waals surface area contributed by atoms with Crippen molar-refractivity contribution in [3.8, 4) is 0 Å². The van der Waals surface area contributed by atoms with Crippen molar-refractivity contribution in [1.82, 2.24) is 14.9 Å². The van der Waals surface area contributed by atoms with E-state index in [1.807, 2.05) is 6.92 Å². The summed E-state index contributed by atoms with van der Waals surface area (Å²) >= 11 is 0. The monoisotopic (exact) mass is 384 g/mol. The smallest absolute Gasteiger partial charge is 0.312 e. The number of carbonyl (C=O) groups excluding carboxylic acids is 1. The Morgan fingerprint density at radius 1 is 1.21 bits per heavy atom. The van der Waals surface area contributed by atoms with E-state index in [4.69, 9.17) is 4.74 Å². The Morgan fingerprint density at radius 2 is 1.96 bits per heavy atom. The quantitative estimate of drug-likeness (QED) is 0.773. The molecule has 1 atom stereocenters. The summed E-state index contributed by atoms with van der Waals surface area (Å²) in [6, 6.07) is 6.48. The lowest BCUT2D eigenvalue weighted by Crippen LogP contribution is -2.47. The summed E-state index contributed by atoms with van der Waals surface area (Å²) in [7, 11) is 0. The van der Waals surface area contributed by atoms with Gasteiger partial charge in [0.05, 0.1) is 16.4 Å². The van der Waals surface area contributed by atoms with Crippen LogP contribution in [0.2, 0.25) is 0 Å². The minimum atomic E-state index is -0.229. The molecule has 2 fully saturated rings. The number of piperazine rings is 1. The molecule has 0 radical (unpaired) electrons. The third-order valence-corrected chi connectivity index (χ3v) is 6.77. The van der Waals surface area contributed by atoms with Gasteiger partial charge in [0.1, 0.15) is 11.9 Å². The van der Waals surface area contributed by atoms with Crippen LogP contribution in [-0.2, 0) is 9.53 Å². The van der Waals surface area contributed by atoms with Crippen molar-refractivity contribution < 1.29 is 9.53 Å². The first kappa shape index (κ1) is 19.2. The molecule has 1 unspecified atom stereocenters. The van der Waals surface area contributed by atoms with Crippen LogP contribution in [0.15, 0.2) is 18.2 Å². The Bertz CT molecular complexity index is 834. The lowest BCUT2D eigenvalue weighted by molar-refractivity contribution is -0.149. The van der Waals surface area contributed by atoms with Gasteiger partial charge >= 0.3 is 5.97 Å². The van der Waals surface area contributed by atoms with Crippen molar-refractivity contribution in [2.24, 2.45) is 5.41 Å². The number of H-pyrrole nitrogens is 1. The van der Waals surface area contributed by atoms with Gasteiger partial charge in [-0.15, -0.1) is 0 Å². The summed E-state index contributed by atoms with van der Waals surface area (Å²) in [4.78, 5) is 25.0. The fourth-order valence-electron chi connectivity index (χ4n) is 4.70. The van der Waals surface area contributed by atoms with Gasteiger partial charge in [-0.25, -0.2) is 4.98 Å². The second-order valence-electron chi connectivity index (χ2n) is 8.36. The van der Waals surface area contributed by atoms with Crippen LogP contribution in [0, 0.1) is 12.3 Å². The van der Waals surface area contributed by atoms with Gasteiger partial charge in [-0.2, -0.15) is 0 Å². The van der Waals surface area contributed by atoms with Crippen molar-refractivity contribution in [3.05, 3.63) is 24.0 Å². The number of carbonyl (C=O) groups is 1. The summed E-state index contributed by atoms with van der Waals surface area (Å²) in [5.41, 5.74) is 3.17. The Labute approximate surface area is 167 Å². The molecule has 3 heterocycles. The largest absolute Gasteiger partial charge is 0.462 e. The van der Waals surface area contributed by atoms with E-state index in [1.165, 1.54) is 5.69 Å². The lowest BCUT2D eigenvalue weighted by Gasteiger charge is -2.36. The van der Waals surface area contributed by atoms with E-state index in [-0.39, 0.29) is 17.5 Å². The number of hydrogen-bond donors (Lipinski definition) is 1. The Morgan fingerprint density at radius 3 is 2.64 bits per heavy atom. The number of hydrogen-bond acceptors (Lipinski definition) is 5. The fraction of sp³-hybridized carbons (Fsp3) is 0.636. The maximum atomic E-state index is 12.3. The van der Waals surface area contributed by atoms with Crippen LogP contribution < -0.4 is 4.90 Å². The van der Waals surface area contributed by atoms with Crippen molar-refractivity contribution in [1.29, 1.82) is 0 Å². The second kappa shape index (κ2) is 7.74. The molecule has 1 aromatic heterocycles. The highest BCUT2D eigenvalue weighted by Crippen LogP contribution is 2.41. The van der Waals surface area contributed by atoms with Gasteiger partial charge in [0.15, 0.2) is 0 Å². The van der Waals surface area contributed by atoms with Gasteiger partial charge in [-0.1, -0.05) is 13.8 Å². The molecule has 0 bridgehead atoms.